The number of halogens is 2. The first kappa shape index (κ1) is 13.6. The van der Waals surface area contributed by atoms with E-state index in [9.17, 15) is 0 Å². The van der Waals surface area contributed by atoms with Crippen LogP contribution >= 0.6 is 27.5 Å². The summed E-state index contributed by atoms with van der Waals surface area (Å²) >= 11 is 9.57. The maximum atomic E-state index is 6.25. The number of aryl methyl sites for hydroxylation is 1. The summed E-state index contributed by atoms with van der Waals surface area (Å²) in [7, 11) is 0. The largest absolute Gasteiger partial charge is 0.324 e. The summed E-state index contributed by atoms with van der Waals surface area (Å²) in [5.74, 6) is 0. The first-order chi connectivity index (χ1) is 8.58. The van der Waals surface area contributed by atoms with E-state index in [-0.39, 0.29) is 6.04 Å². The van der Waals surface area contributed by atoms with Crippen LogP contribution in [0.5, 0.6) is 0 Å². The fourth-order valence-corrected chi connectivity index (χ4v) is 2.48. The van der Waals surface area contributed by atoms with Gasteiger partial charge in [-0.3, -0.25) is 0 Å². The van der Waals surface area contributed by atoms with E-state index in [4.69, 9.17) is 17.3 Å². The van der Waals surface area contributed by atoms with Crippen LogP contribution in [0.15, 0.2) is 46.9 Å². The Labute approximate surface area is 121 Å². The predicted molar refractivity (Wildman–Crippen MR) is 81.0 cm³/mol. The molecule has 0 bridgehead atoms. The number of rotatable bonds is 3. The molecule has 2 aromatic rings. The van der Waals surface area contributed by atoms with Crippen LogP contribution in [0.2, 0.25) is 5.02 Å². The van der Waals surface area contributed by atoms with Crippen molar-refractivity contribution in [3.8, 4) is 0 Å². The van der Waals surface area contributed by atoms with Gasteiger partial charge in [0.15, 0.2) is 0 Å². The normalized spacial score (nSPS) is 12.4. The minimum atomic E-state index is -0.0142. The maximum absolute atomic E-state index is 6.25. The van der Waals surface area contributed by atoms with Crippen molar-refractivity contribution in [1.82, 2.24) is 0 Å². The molecule has 3 heteroatoms. The third kappa shape index (κ3) is 3.14. The first-order valence-electron chi connectivity index (χ1n) is 5.83. The Morgan fingerprint density at radius 3 is 2.61 bits per heavy atom. The zero-order valence-electron chi connectivity index (χ0n) is 10.2. The van der Waals surface area contributed by atoms with E-state index in [1.807, 2.05) is 37.3 Å². The fraction of sp³-hybridized carbons (Fsp3) is 0.200. The smallest absolute Gasteiger partial charge is 0.0435 e. The molecule has 0 aromatic heterocycles. The lowest BCUT2D eigenvalue weighted by molar-refractivity contribution is 0.719. The monoisotopic (exact) mass is 323 g/mol. The highest BCUT2D eigenvalue weighted by atomic mass is 79.9. The number of benzene rings is 2. The molecule has 1 atom stereocenters. The standard InChI is InChI=1S/C15H15BrClN/c1-10-8-12(6-7-14(10)17)15(18)9-11-4-2-3-5-13(11)16/h2-8,15H,9,18H2,1H3. The van der Waals surface area contributed by atoms with Crippen LogP contribution in [-0.2, 0) is 6.42 Å². The van der Waals surface area contributed by atoms with Crippen LogP contribution in [0.25, 0.3) is 0 Å². The van der Waals surface area contributed by atoms with Gasteiger partial charge >= 0.3 is 0 Å². The summed E-state index contributed by atoms with van der Waals surface area (Å²) in [6, 6.07) is 14.1. The van der Waals surface area contributed by atoms with Crippen molar-refractivity contribution in [2.75, 3.05) is 0 Å². The zero-order valence-corrected chi connectivity index (χ0v) is 12.5. The molecule has 0 aliphatic carbocycles. The van der Waals surface area contributed by atoms with Crippen molar-refractivity contribution >= 4 is 27.5 Å². The Kier molecular flexibility index (Phi) is 4.44. The second-order valence-corrected chi connectivity index (χ2v) is 5.67. The summed E-state index contributed by atoms with van der Waals surface area (Å²) in [5.41, 5.74) is 9.66. The van der Waals surface area contributed by atoms with Crippen molar-refractivity contribution in [3.05, 3.63) is 68.7 Å². The van der Waals surface area contributed by atoms with Gasteiger partial charge in [0, 0.05) is 15.5 Å². The van der Waals surface area contributed by atoms with Gasteiger partial charge in [-0.1, -0.05) is 57.9 Å². The molecule has 0 saturated carbocycles. The van der Waals surface area contributed by atoms with Crippen LogP contribution in [0.4, 0.5) is 0 Å². The van der Waals surface area contributed by atoms with Crippen molar-refractivity contribution in [3.63, 3.8) is 0 Å². The third-order valence-electron chi connectivity index (χ3n) is 3.01. The molecule has 0 spiro atoms. The van der Waals surface area contributed by atoms with E-state index in [1.54, 1.807) is 0 Å². The molecule has 0 aliphatic rings. The second-order valence-electron chi connectivity index (χ2n) is 4.41. The number of hydrogen-bond donors (Lipinski definition) is 1. The van der Waals surface area contributed by atoms with Crippen LogP contribution in [0, 0.1) is 6.92 Å². The van der Waals surface area contributed by atoms with E-state index in [0.717, 1.165) is 27.0 Å². The van der Waals surface area contributed by atoms with E-state index in [0.29, 0.717) is 0 Å². The second kappa shape index (κ2) is 5.87. The summed E-state index contributed by atoms with van der Waals surface area (Å²) in [6.07, 6.45) is 0.808. The molecule has 0 heterocycles. The molecular formula is C15H15BrClN. The third-order valence-corrected chi connectivity index (χ3v) is 4.21. The minimum absolute atomic E-state index is 0.0142. The van der Waals surface area contributed by atoms with Crippen molar-refractivity contribution in [2.24, 2.45) is 5.73 Å². The lowest BCUT2D eigenvalue weighted by atomic mass is 9.98. The SMILES string of the molecule is Cc1cc(C(N)Cc2ccccc2Br)ccc1Cl. The molecule has 18 heavy (non-hydrogen) atoms. The van der Waals surface area contributed by atoms with Gasteiger partial charge in [-0.15, -0.1) is 0 Å². The molecule has 0 saturated heterocycles. The van der Waals surface area contributed by atoms with E-state index in [1.165, 1.54) is 5.56 Å². The Hall–Kier alpha value is -0.830. The van der Waals surface area contributed by atoms with Crippen LogP contribution in [0.1, 0.15) is 22.7 Å². The molecule has 0 radical (unpaired) electrons. The highest BCUT2D eigenvalue weighted by Gasteiger charge is 2.10. The average Bonchev–Trinajstić information content (AvgIpc) is 2.35. The van der Waals surface area contributed by atoms with Gasteiger partial charge in [0.1, 0.15) is 0 Å². The molecule has 1 unspecified atom stereocenters. The van der Waals surface area contributed by atoms with Gasteiger partial charge < -0.3 is 5.73 Å². The van der Waals surface area contributed by atoms with Gasteiger partial charge in [0.2, 0.25) is 0 Å². The Morgan fingerprint density at radius 1 is 1.22 bits per heavy atom. The minimum Gasteiger partial charge on any atom is -0.324 e. The number of hydrogen-bond acceptors (Lipinski definition) is 1. The van der Waals surface area contributed by atoms with Gasteiger partial charge in [-0.2, -0.15) is 0 Å². The van der Waals surface area contributed by atoms with Crippen LogP contribution in [-0.4, -0.2) is 0 Å². The summed E-state index contributed by atoms with van der Waals surface area (Å²) in [4.78, 5) is 0. The Morgan fingerprint density at radius 2 is 1.94 bits per heavy atom. The van der Waals surface area contributed by atoms with Crippen LogP contribution < -0.4 is 5.73 Å². The van der Waals surface area contributed by atoms with Gasteiger partial charge in [0.25, 0.3) is 0 Å². The summed E-state index contributed by atoms with van der Waals surface area (Å²) < 4.78 is 1.10. The maximum Gasteiger partial charge on any atom is 0.0435 e. The van der Waals surface area contributed by atoms with E-state index in [2.05, 4.69) is 28.1 Å². The Balaban J connectivity index is 2.19. The zero-order chi connectivity index (χ0) is 13.1. The molecule has 0 aliphatic heterocycles. The first-order valence-corrected chi connectivity index (χ1v) is 7.00. The average molecular weight is 325 g/mol. The molecule has 2 N–H and O–H groups in total. The van der Waals surface area contributed by atoms with Gasteiger partial charge in [-0.25, -0.2) is 0 Å². The van der Waals surface area contributed by atoms with Crippen molar-refractivity contribution in [1.29, 1.82) is 0 Å². The quantitative estimate of drug-likeness (QED) is 0.873. The predicted octanol–water partition coefficient (Wildman–Crippen LogP) is 4.65. The summed E-state index contributed by atoms with van der Waals surface area (Å²) in [5, 5.41) is 0.784. The number of nitrogens with two attached hydrogens (primary N) is 1. The molecule has 2 rings (SSSR count). The highest BCUT2D eigenvalue weighted by Crippen LogP contribution is 2.24. The van der Waals surface area contributed by atoms with E-state index < -0.39 is 0 Å². The van der Waals surface area contributed by atoms with E-state index >= 15 is 0 Å². The highest BCUT2D eigenvalue weighted by molar-refractivity contribution is 9.10. The van der Waals surface area contributed by atoms with Gasteiger partial charge in [0.05, 0.1) is 0 Å². The molecule has 0 amide bonds. The van der Waals surface area contributed by atoms with Crippen molar-refractivity contribution < 1.29 is 0 Å². The van der Waals surface area contributed by atoms with Crippen LogP contribution in [0.3, 0.4) is 0 Å². The Bertz CT molecular complexity index is 554. The molecular weight excluding hydrogens is 310 g/mol. The lowest BCUT2D eigenvalue weighted by Crippen LogP contribution is -2.13. The molecule has 2 aromatic carbocycles. The fourth-order valence-electron chi connectivity index (χ4n) is 1.92. The summed E-state index contributed by atoms with van der Waals surface area (Å²) in [6.45, 7) is 2.00. The van der Waals surface area contributed by atoms with Gasteiger partial charge in [-0.05, 0) is 42.2 Å². The lowest BCUT2D eigenvalue weighted by Gasteiger charge is -2.14. The molecule has 0 fully saturated rings. The van der Waals surface area contributed by atoms with Crippen molar-refractivity contribution in [2.45, 2.75) is 19.4 Å². The molecule has 94 valence electrons. The molecule has 1 nitrogen and oxygen atoms in total. The topological polar surface area (TPSA) is 26.0 Å².